The van der Waals surface area contributed by atoms with Crippen LogP contribution in [0.15, 0.2) is 65.2 Å². The smallest absolute Gasteiger partial charge is 0.303 e. The Morgan fingerprint density at radius 1 is 0.831 bits per heavy atom. The van der Waals surface area contributed by atoms with Crippen molar-refractivity contribution in [1.29, 1.82) is 0 Å². The van der Waals surface area contributed by atoms with Crippen molar-refractivity contribution in [2.45, 2.75) is 87.5 Å². The van der Waals surface area contributed by atoms with Crippen LogP contribution in [0.3, 0.4) is 0 Å². The number of carboxylic acids is 1. The number of rotatable bonds is 25. The lowest BCUT2D eigenvalue weighted by molar-refractivity contribution is -0.438. The molecular weight excluding hydrogens is 827 g/mol. The number of anilines is 1. The van der Waals surface area contributed by atoms with Crippen LogP contribution in [0.2, 0.25) is 0 Å². The van der Waals surface area contributed by atoms with Crippen molar-refractivity contribution in [3.8, 4) is 0 Å². The van der Waals surface area contributed by atoms with E-state index in [4.69, 9.17) is 9.47 Å². The highest BCUT2D eigenvalue weighted by molar-refractivity contribution is 7.86. The van der Waals surface area contributed by atoms with Gasteiger partial charge in [0.1, 0.15) is 6.54 Å². The number of aliphatic carboxylic acids is 1. The minimum atomic E-state index is -4.60. The van der Waals surface area contributed by atoms with E-state index in [9.17, 15) is 48.8 Å². The number of carbonyl (C=O) groups is 1. The summed E-state index contributed by atoms with van der Waals surface area (Å²) in [5.74, 6) is -1.83. The van der Waals surface area contributed by atoms with Gasteiger partial charge in [-0.15, -0.1) is 0 Å². The molecule has 59 heavy (non-hydrogen) atoms. The first-order valence-corrected chi connectivity index (χ1v) is 24.2. The standard InChI is InChI=1S/C40H57N3O13S3/c1-39(18-9-25-57(46,47)48)32-27-30(29-41-20-23-55-3)14-16-34(32)42(21-7-5-6-13-38(44)45)36(39)11-8-12-37-40(2,19-10-26-58(49,50)51)33-28-31(59(52,53)54)15-17-35(33)43(37)22-24-56-4/h8,11-12,14-17,27-28,41H,5-7,9-10,13,18-26,29H2,1-4H3,(H3-,44,45,46,47,48,49,50,51,52,53,54)/p+1. The first-order chi connectivity index (χ1) is 27.6. The molecule has 0 bridgehead atoms. The van der Waals surface area contributed by atoms with Crippen LogP contribution in [0, 0.1) is 0 Å². The Labute approximate surface area is 348 Å². The van der Waals surface area contributed by atoms with Crippen LogP contribution in [-0.2, 0) is 62.0 Å². The average molecular weight is 885 g/mol. The van der Waals surface area contributed by atoms with Crippen molar-refractivity contribution in [2.24, 2.45) is 0 Å². The molecule has 5 N–H and O–H groups in total. The van der Waals surface area contributed by atoms with Gasteiger partial charge < -0.3 is 24.8 Å². The van der Waals surface area contributed by atoms with E-state index in [1.54, 1.807) is 20.3 Å². The van der Waals surface area contributed by atoms with Crippen LogP contribution >= 0.6 is 0 Å². The second-order valence-electron chi connectivity index (χ2n) is 15.4. The monoisotopic (exact) mass is 884 g/mol. The largest absolute Gasteiger partial charge is 0.481 e. The number of ether oxygens (including phenoxy) is 2. The summed E-state index contributed by atoms with van der Waals surface area (Å²) in [6.07, 6.45) is 8.21. The van der Waals surface area contributed by atoms with Crippen molar-refractivity contribution in [2.75, 3.05) is 63.5 Å². The quantitative estimate of drug-likeness (QED) is 0.0508. The molecule has 2 heterocycles. The highest BCUT2D eigenvalue weighted by Crippen LogP contribution is 2.51. The third kappa shape index (κ3) is 12.7. The molecule has 0 fully saturated rings. The third-order valence-electron chi connectivity index (χ3n) is 11.1. The number of carboxylic acid groups (broad SMARTS) is 1. The van der Waals surface area contributed by atoms with E-state index in [1.807, 2.05) is 49.1 Å². The molecule has 16 nitrogen and oxygen atoms in total. The van der Waals surface area contributed by atoms with Gasteiger partial charge in [-0.2, -0.15) is 29.8 Å². The molecule has 0 spiro atoms. The van der Waals surface area contributed by atoms with Gasteiger partial charge in [-0.05, 0) is 93.8 Å². The Kier molecular flexibility index (Phi) is 16.6. The topological polar surface area (TPSA) is 237 Å². The number of allylic oxidation sites excluding steroid dienone is 4. The predicted molar refractivity (Wildman–Crippen MR) is 225 cm³/mol. The average Bonchev–Trinajstić information content (AvgIpc) is 3.50. The number of hydrogen-bond acceptors (Lipinski definition) is 11. The van der Waals surface area contributed by atoms with Gasteiger partial charge in [-0.25, -0.2) is 0 Å². The summed E-state index contributed by atoms with van der Waals surface area (Å²) in [7, 11) is -10.0. The zero-order valence-corrected chi connectivity index (χ0v) is 36.5. The Morgan fingerprint density at radius 3 is 2.10 bits per heavy atom. The predicted octanol–water partition coefficient (Wildman–Crippen LogP) is 4.87. The molecule has 0 aromatic heterocycles. The fourth-order valence-corrected chi connectivity index (χ4v) is 9.69. The maximum absolute atomic E-state index is 12.3. The summed E-state index contributed by atoms with van der Waals surface area (Å²) < 4.78 is 114. The van der Waals surface area contributed by atoms with Gasteiger partial charge in [0, 0.05) is 81.2 Å². The molecule has 2 aliphatic rings. The number of hydrogen-bond donors (Lipinski definition) is 5. The molecule has 2 aromatic carbocycles. The Balaban J connectivity index is 1.89. The Bertz CT molecular complexity index is 2260. The summed E-state index contributed by atoms with van der Waals surface area (Å²) in [6.45, 7) is 6.73. The number of nitrogens with one attached hydrogen (secondary N) is 1. The van der Waals surface area contributed by atoms with Gasteiger partial charge in [0.05, 0.1) is 35.0 Å². The molecule has 328 valence electrons. The normalized spacial score (nSPS) is 20.3. The molecule has 2 aliphatic heterocycles. The van der Waals surface area contributed by atoms with Crippen molar-refractivity contribution in [3.05, 3.63) is 77.0 Å². The molecule has 0 saturated carbocycles. The molecule has 0 saturated heterocycles. The second kappa shape index (κ2) is 20.4. The Hall–Kier alpha value is -3.53. The van der Waals surface area contributed by atoms with Crippen molar-refractivity contribution < 1.29 is 62.9 Å². The first kappa shape index (κ1) is 48.1. The van der Waals surface area contributed by atoms with E-state index in [0.29, 0.717) is 75.4 Å². The van der Waals surface area contributed by atoms with Crippen LogP contribution in [0.25, 0.3) is 0 Å². The lowest BCUT2D eigenvalue weighted by Crippen LogP contribution is -2.32. The summed E-state index contributed by atoms with van der Waals surface area (Å²) in [5.41, 5.74) is 3.79. The highest BCUT2D eigenvalue weighted by Gasteiger charge is 2.48. The SMILES string of the molecule is COCCNCc1ccc2c(c1)C(C)(CCCS(=O)(=O)O)C(/C=C/C=C1/N(CCOC)c3ccc(S(=O)(=O)O)cc3C1(C)CCCS(=O)(=O)O)=[N+]2CCCCCC(=O)O. The molecule has 19 heteroatoms. The van der Waals surface area contributed by atoms with Gasteiger partial charge in [0.15, 0.2) is 5.71 Å². The minimum absolute atomic E-state index is 0.0287. The summed E-state index contributed by atoms with van der Waals surface area (Å²) in [4.78, 5) is 12.9. The fourth-order valence-electron chi connectivity index (χ4n) is 8.17. The molecule has 0 aliphatic carbocycles. The molecule has 2 unspecified atom stereocenters. The molecule has 0 amide bonds. The second-order valence-corrected chi connectivity index (χ2v) is 20.0. The molecule has 2 atom stereocenters. The van der Waals surface area contributed by atoms with Gasteiger partial charge in [0.25, 0.3) is 30.4 Å². The van der Waals surface area contributed by atoms with Gasteiger partial charge >= 0.3 is 5.97 Å². The summed E-state index contributed by atoms with van der Waals surface area (Å²) >= 11 is 0. The maximum Gasteiger partial charge on any atom is 0.303 e. The van der Waals surface area contributed by atoms with E-state index in [2.05, 4.69) is 16.0 Å². The molecule has 4 rings (SSSR count). The van der Waals surface area contributed by atoms with Gasteiger partial charge in [0.2, 0.25) is 5.69 Å². The van der Waals surface area contributed by atoms with E-state index >= 15 is 0 Å². The summed E-state index contributed by atoms with van der Waals surface area (Å²) in [5, 5.41) is 12.6. The fraction of sp³-hybridized carbons (Fsp3) is 0.550. The zero-order chi connectivity index (χ0) is 43.6. The molecule has 0 radical (unpaired) electrons. The lowest BCUT2D eigenvalue weighted by Gasteiger charge is -2.30. The number of unbranched alkanes of at least 4 members (excludes halogenated alkanes) is 2. The number of nitrogens with zero attached hydrogens (tertiary/aromatic N) is 2. The molecule has 2 aromatic rings. The van der Waals surface area contributed by atoms with Crippen LogP contribution in [0.4, 0.5) is 11.4 Å². The highest BCUT2D eigenvalue weighted by atomic mass is 32.2. The van der Waals surface area contributed by atoms with Crippen LogP contribution in [0.5, 0.6) is 0 Å². The van der Waals surface area contributed by atoms with Gasteiger partial charge in [-0.3, -0.25) is 18.5 Å². The lowest BCUT2D eigenvalue weighted by atomic mass is 9.75. The first-order valence-electron chi connectivity index (χ1n) is 19.5. The Morgan fingerprint density at radius 2 is 1.49 bits per heavy atom. The van der Waals surface area contributed by atoms with E-state index in [0.717, 1.165) is 22.5 Å². The van der Waals surface area contributed by atoms with E-state index in [-0.39, 0.29) is 37.2 Å². The van der Waals surface area contributed by atoms with Crippen molar-refractivity contribution in [3.63, 3.8) is 0 Å². The van der Waals surface area contributed by atoms with E-state index in [1.165, 1.54) is 12.1 Å². The number of fused-ring (bicyclic) bond motifs is 2. The zero-order valence-electron chi connectivity index (χ0n) is 34.1. The van der Waals surface area contributed by atoms with Gasteiger partial charge in [-0.1, -0.05) is 12.1 Å². The number of methoxy groups -OCH3 is 2. The van der Waals surface area contributed by atoms with Crippen molar-refractivity contribution >= 4 is 53.4 Å². The number of benzene rings is 2. The minimum Gasteiger partial charge on any atom is -0.481 e. The van der Waals surface area contributed by atoms with Crippen LogP contribution in [-0.4, -0.2) is 119 Å². The van der Waals surface area contributed by atoms with Crippen LogP contribution < -0.4 is 10.2 Å². The third-order valence-corrected chi connectivity index (χ3v) is 13.5. The van der Waals surface area contributed by atoms with Crippen LogP contribution in [0.1, 0.15) is 81.9 Å². The molecular formula is C40H58N3O13S3+. The summed E-state index contributed by atoms with van der Waals surface area (Å²) in [6, 6.07) is 10.4. The van der Waals surface area contributed by atoms with Crippen molar-refractivity contribution in [1.82, 2.24) is 5.32 Å². The maximum atomic E-state index is 12.3. The van der Waals surface area contributed by atoms with E-state index < -0.39 is 58.7 Å².